The first kappa shape index (κ1) is 16.9. The van der Waals surface area contributed by atoms with E-state index in [2.05, 4.69) is 5.32 Å². The van der Waals surface area contributed by atoms with Gasteiger partial charge in [-0.15, -0.1) is 0 Å². The molecule has 0 saturated carbocycles. The number of alkyl halides is 3. The SMILES string of the molecule is O=C(O)CCCCC(=O)Nc1ccc(F)c(C(F)(F)F)c1. The highest BCUT2D eigenvalue weighted by atomic mass is 19.4. The molecular formula is C13H13F4NO3. The third-order valence-electron chi connectivity index (χ3n) is 2.60. The fraction of sp³-hybridized carbons (Fsp3) is 0.385. The van der Waals surface area contributed by atoms with Crippen molar-refractivity contribution in [1.29, 1.82) is 0 Å². The molecule has 0 atom stereocenters. The Morgan fingerprint density at radius 2 is 1.76 bits per heavy atom. The Morgan fingerprint density at radius 3 is 2.33 bits per heavy atom. The maximum Gasteiger partial charge on any atom is 0.419 e. The normalized spacial score (nSPS) is 11.2. The molecule has 0 fully saturated rings. The zero-order valence-electron chi connectivity index (χ0n) is 10.8. The Bertz CT molecular complexity index is 529. The summed E-state index contributed by atoms with van der Waals surface area (Å²) in [5, 5.41) is 10.6. The van der Waals surface area contributed by atoms with Crippen molar-refractivity contribution in [2.75, 3.05) is 5.32 Å². The third-order valence-corrected chi connectivity index (χ3v) is 2.60. The van der Waals surface area contributed by atoms with Gasteiger partial charge in [0.05, 0.1) is 5.56 Å². The molecule has 0 saturated heterocycles. The summed E-state index contributed by atoms with van der Waals surface area (Å²) in [6.07, 6.45) is -4.36. The number of carboxylic acids is 1. The summed E-state index contributed by atoms with van der Waals surface area (Å²) in [7, 11) is 0. The van der Waals surface area contributed by atoms with E-state index in [1.807, 2.05) is 0 Å². The summed E-state index contributed by atoms with van der Waals surface area (Å²) in [4.78, 5) is 21.7. The first-order valence-electron chi connectivity index (χ1n) is 6.08. The summed E-state index contributed by atoms with van der Waals surface area (Å²) in [5.74, 6) is -2.95. The smallest absolute Gasteiger partial charge is 0.419 e. The van der Waals surface area contributed by atoms with E-state index < -0.39 is 29.4 Å². The van der Waals surface area contributed by atoms with Crippen molar-refractivity contribution in [1.82, 2.24) is 0 Å². The molecule has 21 heavy (non-hydrogen) atoms. The first-order valence-corrected chi connectivity index (χ1v) is 6.08. The van der Waals surface area contributed by atoms with Gasteiger partial charge in [0.25, 0.3) is 0 Å². The first-order chi connectivity index (χ1) is 9.70. The number of carbonyl (C=O) groups is 2. The van der Waals surface area contributed by atoms with Crippen molar-refractivity contribution >= 4 is 17.6 Å². The van der Waals surface area contributed by atoms with Crippen molar-refractivity contribution in [3.8, 4) is 0 Å². The number of unbranched alkanes of at least 4 members (excludes halogenated alkanes) is 1. The van der Waals surface area contributed by atoms with Gasteiger partial charge >= 0.3 is 12.1 Å². The number of carbonyl (C=O) groups excluding carboxylic acids is 1. The van der Waals surface area contributed by atoms with Crippen molar-refractivity contribution in [3.05, 3.63) is 29.6 Å². The molecule has 0 aliphatic rings. The van der Waals surface area contributed by atoms with Crippen molar-refractivity contribution in [2.45, 2.75) is 31.9 Å². The van der Waals surface area contributed by atoms with Crippen LogP contribution in [0.25, 0.3) is 0 Å². The predicted molar refractivity (Wildman–Crippen MR) is 66.1 cm³/mol. The van der Waals surface area contributed by atoms with Crippen LogP contribution in [0.15, 0.2) is 18.2 Å². The van der Waals surface area contributed by atoms with Crippen molar-refractivity contribution in [3.63, 3.8) is 0 Å². The van der Waals surface area contributed by atoms with E-state index in [1.54, 1.807) is 0 Å². The summed E-state index contributed by atoms with van der Waals surface area (Å²) in [6, 6.07) is 2.17. The molecule has 2 N–H and O–H groups in total. The number of anilines is 1. The molecule has 116 valence electrons. The van der Waals surface area contributed by atoms with Gasteiger partial charge in [-0.05, 0) is 31.0 Å². The topological polar surface area (TPSA) is 66.4 Å². The molecule has 1 rings (SSSR count). The van der Waals surface area contributed by atoms with Crippen LogP contribution in [-0.4, -0.2) is 17.0 Å². The average Bonchev–Trinajstić information content (AvgIpc) is 2.35. The predicted octanol–water partition coefficient (Wildman–Crippen LogP) is 3.43. The molecule has 0 spiro atoms. The number of halogens is 4. The zero-order chi connectivity index (χ0) is 16.0. The van der Waals surface area contributed by atoms with E-state index in [4.69, 9.17) is 5.11 Å². The number of benzene rings is 1. The number of hydrogen-bond donors (Lipinski definition) is 2. The Kier molecular flexibility index (Phi) is 5.69. The van der Waals surface area contributed by atoms with Crippen molar-refractivity contribution < 1.29 is 32.3 Å². The van der Waals surface area contributed by atoms with Gasteiger partial charge in [0.2, 0.25) is 5.91 Å². The van der Waals surface area contributed by atoms with Crippen LogP contribution in [0, 0.1) is 5.82 Å². The Morgan fingerprint density at radius 1 is 1.14 bits per heavy atom. The van der Waals surface area contributed by atoms with Crippen LogP contribution in [0.1, 0.15) is 31.2 Å². The van der Waals surface area contributed by atoms with Gasteiger partial charge in [-0.1, -0.05) is 0 Å². The van der Waals surface area contributed by atoms with Crippen LogP contribution >= 0.6 is 0 Å². The van der Waals surface area contributed by atoms with Gasteiger partial charge in [-0.3, -0.25) is 9.59 Å². The second-order valence-corrected chi connectivity index (χ2v) is 4.34. The highest BCUT2D eigenvalue weighted by Gasteiger charge is 2.34. The lowest BCUT2D eigenvalue weighted by molar-refractivity contribution is -0.140. The molecule has 0 radical (unpaired) electrons. The highest BCUT2D eigenvalue weighted by Crippen LogP contribution is 2.33. The minimum Gasteiger partial charge on any atom is -0.481 e. The van der Waals surface area contributed by atoms with Gasteiger partial charge in [-0.25, -0.2) is 4.39 Å². The lowest BCUT2D eigenvalue weighted by atomic mass is 10.1. The molecule has 0 heterocycles. The minimum atomic E-state index is -4.84. The maximum absolute atomic E-state index is 13.0. The number of amides is 1. The van der Waals surface area contributed by atoms with E-state index >= 15 is 0 Å². The molecule has 4 nitrogen and oxygen atoms in total. The lowest BCUT2D eigenvalue weighted by Gasteiger charge is -2.11. The summed E-state index contributed by atoms with van der Waals surface area (Å²) in [5.41, 5.74) is -1.61. The van der Waals surface area contributed by atoms with E-state index in [-0.39, 0.29) is 18.5 Å². The minimum absolute atomic E-state index is 0.0218. The van der Waals surface area contributed by atoms with Crippen LogP contribution in [0.4, 0.5) is 23.2 Å². The molecule has 0 unspecified atom stereocenters. The number of nitrogens with one attached hydrogen (secondary N) is 1. The van der Waals surface area contributed by atoms with E-state index in [1.165, 1.54) is 0 Å². The Balaban J connectivity index is 2.59. The molecule has 0 bridgehead atoms. The quantitative estimate of drug-likeness (QED) is 0.625. The lowest BCUT2D eigenvalue weighted by Crippen LogP contribution is -2.14. The van der Waals surface area contributed by atoms with Gasteiger partial charge < -0.3 is 10.4 Å². The van der Waals surface area contributed by atoms with Gasteiger partial charge in [0.1, 0.15) is 5.82 Å². The number of rotatable bonds is 6. The number of hydrogen-bond acceptors (Lipinski definition) is 2. The van der Waals surface area contributed by atoms with Crippen molar-refractivity contribution in [2.24, 2.45) is 0 Å². The zero-order valence-corrected chi connectivity index (χ0v) is 10.8. The molecule has 0 aliphatic heterocycles. The summed E-state index contributed by atoms with van der Waals surface area (Å²) >= 11 is 0. The molecule has 0 aliphatic carbocycles. The van der Waals surface area contributed by atoms with Gasteiger partial charge in [-0.2, -0.15) is 13.2 Å². The molecule has 1 aromatic rings. The second kappa shape index (κ2) is 7.05. The molecule has 1 aromatic carbocycles. The standard InChI is InChI=1S/C13H13F4NO3/c14-10-6-5-8(7-9(10)13(15,16)17)18-11(19)3-1-2-4-12(20)21/h5-7H,1-4H2,(H,18,19)(H,20,21). The number of carboxylic acid groups (broad SMARTS) is 1. The summed E-state index contributed by atoms with van der Waals surface area (Å²) < 4.78 is 50.5. The van der Waals surface area contributed by atoms with Crippen LogP contribution in [-0.2, 0) is 15.8 Å². The van der Waals surface area contributed by atoms with E-state index in [9.17, 15) is 27.2 Å². The van der Waals surface area contributed by atoms with Gasteiger partial charge in [0, 0.05) is 18.5 Å². The number of aliphatic carboxylic acids is 1. The second-order valence-electron chi connectivity index (χ2n) is 4.34. The van der Waals surface area contributed by atoms with E-state index in [0.717, 1.165) is 6.07 Å². The Labute approximate surface area is 117 Å². The fourth-order valence-electron chi connectivity index (χ4n) is 1.61. The van der Waals surface area contributed by atoms with Crippen LogP contribution < -0.4 is 5.32 Å². The molecular weight excluding hydrogens is 294 g/mol. The summed E-state index contributed by atoms with van der Waals surface area (Å²) in [6.45, 7) is 0. The fourth-order valence-corrected chi connectivity index (χ4v) is 1.61. The monoisotopic (exact) mass is 307 g/mol. The van der Waals surface area contributed by atoms with E-state index in [0.29, 0.717) is 25.0 Å². The highest BCUT2D eigenvalue weighted by molar-refractivity contribution is 5.90. The Hall–Kier alpha value is -2.12. The van der Waals surface area contributed by atoms with Crippen LogP contribution in [0.5, 0.6) is 0 Å². The average molecular weight is 307 g/mol. The van der Waals surface area contributed by atoms with Gasteiger partial charge in [0.15, 0.2) is 0 Å². The molecule has 1 amide bonds. The third kappa shape index (κ3) is 5.80. The molecule has 8 heteroatoms. The largest absolute Gasteiger partial charge is 0.481 e. The van der Waals surface area contributed by atoms with Crippen LogP contribution in [0.3, 0.4) is 0 Å². The maximum atomic E-state index is 13.0. The molecule has 0 aromatic heterocycles. The van der Waals surface area contributed by atoms with Crippen LogP contribution in [0.2, 0.25) is 0 Å².